The summed E-state index contributed by atoms with van der Waals surface area (Å²) in [6.45, 7) is 7.46. The highest BCUT2D eigenvalue weighted by Crippen LogP contribution is 2.27. The molecule has 0 aromatic heterocycles. The van der Waals surface area contributed by atoms with Crippen LogP contribution in [0.25, 0.3) is 0 Å². The van der Waals surface area contributed by atoms with Crippen molar-refractivity contribution in [2.45, 2.75) is 38.1 Å². The van der Waals surface area contributed by atoms with Crippen LogP contribution in [0.15, 0.2) is 47.4 Å². The van der Waals surface area contributed by atoms with Crippen molar-refractivity contribution in [3.63, 3.8) is 0 Å². The summed E-state index contributed by atoms with van der Waals surface area (Å²) in [4.78, 5) is 15.8. The van der Waals surface area contributed by atoms with Gasteiger partial charge in [-0.15, -0.1) is 11.8 Å². The predicted octanol–water partition coefficient (Wildman–Crippen LogP) is 4.91. The first-order valence-electron chi connectivity index (χ1n) is 8.61. The van der Waals surface area contributed by atoms with Crippen molar-refractivity contribution in [1.29, 1.82) is 0 Å². The quantitative estimate of drug-likeness (QED) is 0.715. The third kappa shape index (κ3) is 5.62. The average Bonchev–Trinajstić information content (AvgIpc) is 2.57. The van der Waals surface area contributed by atoms with E-state index in [0.717, 1.165) is 17.8 Å². The molecule has 0 saturated carbocycles. The third-order valence-electron chi connectivity index (χ3n) is 4.22. The number of anilines is 1. The van der Waals surface area contributed by atoms with Crippen molar-refractivity contribution in [2.24, 2.45) is 0 Å². The molecule has 2 rings (SSSR count). The number of nitrogens with one attached hydrogen (secondary N) is 1. The molecule has 0 fully saturated rings. The summed E-state index contributed by atoms with van der Waals surface area (Å²) in [6.07, 6.45) is 2.07. The zero-order chi connectivity index (χ0) is 18.4. The van der Waals surface area contributed by atoms with E-state index >= 15 is 0 Å². The maximum atomic E-state index is 12.5. The molecule has 0 unspecified atom stereocenters. The molecular formula is C21H28N2OS. The Bertz CT molecular complexity index is 710. The maximum absolute atomic E-state index is 12.5. The molecule has 0 aliphatic rings. The highest BCUT2D eigenvalue weighted by Gasteiger charge is 2.13. The molecule has 1 N–H and O–H groups in total. The third-order valence-corrected chi connectivity index (χ3v) is 4.96. The van der Waals surface area contributed by atoms with Gasteiger partial charge in [-0.3, -0.25) is 9.69 Å². The van der Waals surface area contributed by atoms with E-state index < -0.39 is 0 Å². The molecule has 0 saturated heterocycles. The molecule has 0 aliphatic heterocycles. The number of amides is 1. The molecule has 0 bridgehead atoms. The molecule has 0 heterocycles. The summed E-state index contributed by atoms with van der Waals surface area (Å²) in [7, 11) is 1.98. The lowest BCUT2D eigenvalue weighted by molar-refractivity contribution is -0.117. The van der Waals surface area contributed by atoms with Crippen LogP contribution in [0.3, 0.4) is 0 Å². The number of thioether (sulfide) groups is 1. The van der Waals surface area contributed by atoms with Gasteiger partial charge in [0, 0.05) is 17.1 Å². The summed E-state index contributed by atoms with van der Waals surface area (Å²) < 4.78 is 0. The molecular weight excluding hydrogens is 328 g/mol. The number of para-hydroxylation sites is 1. The van der Waals surface area contributed by atoms with E-state index in [2.05, 4.69) is 55.8 Å². The smallest absolute Gasteiger partial charge is 0.238 e. The van der Waals surface area contributed by atoms with Crippen molar-refractivity contribution in [2.75, 3.05) is 25.2 Å². The van der Waals surface area contributed by atoms with E-state index in [9.17, 15) is 4.79 Å². The van der Waals surface area contributed by atoms with Gasteiger partial charge in [0.05, 0.1) is 6.54 Å². The molecule has 134 valence electrons. The normalized spacial score (nSPS) is 11.2. The van der Waals surface area contributed by atoms with Crippen LogP contribution in [0.4, 0.5) is 5.69 Å². The molecule has 0 spiro atoms. The topological polar surface area (TPSA) is 32.3 Å². The van der Waals surface area contributed by atoms with E-state index in [-0.39, 0.29) is 5.91 Å². The Morgan fingerprint density at radius 2 is 1.84 bits per heavy atom. The van der Waals surface area contributed by atoms with Crippen LogP contribution in [0.5, 0.6) is 0 Å². The molecule has 4 heteroatoms. The number of rotatable bonds is 7. The number of nitrogens with zero attached hydrogens (tertiary/aromatic N) is 1. The van der Waals surface area contributed by atoms with Gasteiger partial charge in [-0.2, -0.15) is 0 Å². The van der Waals surface area contributed by atoms with Crippen LogP contribution < -0.4 is 5.32 Å². The molecule has 2 aromatic carbocycles. The van der Waals surface area contributed by atoms with Gasteiger partial charge in [0.15, 0.2) is 0 Å². The fraction of sp³-hybridized carbons (Fsp3) is 0.381. The number of aryl methyl sites for hydroxylation is 1. The molecule has 2 aromatic rings. The Morgan fingerprint density at radius 1 is 1.16 bits per heavy atom. The van der Waals surface area contributed by atoms with Gasteiger partial charge in [-0.1, -0.05) is 44.2 Å². The minimum atomic E-state index is 0.0273. The van der Waals surface area contributed by atoms with Crippen LogP contribution in [0.2, 0.25) is 0 Å². The van der Waals surface area contributed by atoms with Gasteiger partial charge in [-0.25, -0.2) is 0 Å². The fourth-order valence-electron chi connectivity index (χ4n) is 2.86. The largest absolute Gasteiger partial charge is 0.324 e. The minimum Gasteiger partial charge on any atom is -0.324 e. The van der Waals surface area contributed by atoms with E-state index in [1.54, 1.807) is 11.8 Å². The summed E-state index contributed by atoms with van der Waals surface area (Å²) in [5.74, 6) is 0.405. The molecule has 0 aliphatic carbocycles. The van der Waals surface area contributed by atoms with Crippen LogP contribution in [0.1, 0.15) is 36.5 Å². The SMILES string of the molecule is CSc1ccc(CN(C)CC(=O)Nc2c(C)cccc2C(C)C)cc1. The lowest BCUT2D eigenvalue weighted by Crippen LogP contribution is -2.30. The monoisotopic (exact) mass is 356 g/mol. The van der Waals surface area contributed by atoms with Crippen molar-refractivity contribution < 1.29 is 4.79 Å². The summed E-state index contributed by atoms with van der Waals surface area (Å²) >= 11 is 1.74. The first-order valence-corrected chi connectivity index (χ1v) is 9.84. The molecule has 0 radical (unpaired) electrons. The van der Waals surface area contributed by atoms with E-state index in [1.807, 2.05) is 31.0 Å². The standard InChI is InChI=1S/C21H28N2OS/c1-15(2)19-8-6-7-16(3)21(19)22-20(24)14-23(4)13-17-9-11-18(25-5)12-10-17/h6-12,15H,13-14H2,1-5H3,(H,22,24). The second-order valence-electron chi connectivity index (χ2n) is 6.76. The minimum absolute atomic E-state index is 0.0273. The fourth-order valence-corrected chi connectivity index (χ4v) is 3.27. The zero-order valence-electron chi connectivity index (χ0n) is 15.8. The summed E-state index contributed by atoms with van der Waals surface area (Å²) in [5.41, 5.74) is 4.46. The Balaban J connectivity index is 1.97. The van der Waals surface area contributed by atoms with Gasteiger partial charge in [0.2, 0.25) is 5.91 Å². The van der Waals surface area contributed by atoms with Gasteiger partial charge < -0.3 is 5.32 Å². The summed E-state index contributed by atoms with van der Waals surface area (Å²) in [5, 5.41) is 3.11. The van der Waals surface area contributed by atoms with Gasteiger partial charge >= 0.3 is 0 Å². The second-order valence-corrected chi connectivity index (χ2v) is 7.64. The van der Waals surface area contributed by atoms with Crippen LogP contribution in [-0.4, -0.2) is 30.7 Å². The number of carbonyl (C=O) groups excluding carboxylic acids is 1. The molecule has 0 atom stereocenters. The maximum Gasteiger partial charge on any atom is 0.238 e. The first-order chi connectivity index (χ1) is 11.9. The van der Waals surface area contributed by atoms with E-state index in [0.29, 0.717) is 12.5 Å². The average molecular weight is 357 g/mol. The Morgan fingerprint density at radius 3 is 2.44 bits per heavy atom. The van der Waals surface area contributed by atoms with Crippen molar-refractivity contribution >= 4 is 23.4 Å². The second kappa shape index (κ2) is 9.07. The van der Waals surface area contributed by atoms with Gasteiger partial charge in [0.25, 0.3) is 0 Å². The Hall–Kier alpha value is -1.78. The van der Waals surface area contributed by atoms with Crippen LogP contribution in [0, 0.1) is 6.92 Å². The number of hydrogen-bond acceptors (Lipinski definition) is 3. The van der Waals surface area contributed by atoms with Gasteiger partial charge in [-0.05, 0) is 55.0 Å². The number of benzene rings is 2. The highest BCUT2D eigenvalue weighted by atomic mass is 32.2. The van der Waals surface area contributed by atoms with Gasteiger partial charge in [0.1, 0.15) is 0 Å². The van der Waals surface area contributed by atoms with Crippen LogP contribution in [-0.2, 0) is 11.3 Å². The number of likely N-dealkylation sites (N-methyl/N-ethyl adjacent to an activating group) is 1. The predicted molar refractivity (Wildman–Crippen MR) is 108 cm³/mol. The van der Waals surface area contributed by atoms with Crippen molar-refractivity contribution in [3.8, 4) is 0 Å². The number of hydrogen-bond donors (Lipinski definition) is 1. The van der Waals surface area contributed by atoms with Crippen molar-refractivity contribution in [3.05, 3.63) is 59.2 Å². The van der Waals surface area contributed by atoms with Crippen LogP contribution >= 0.6 is 11.8 Å². The number of carbonyl (C=O) groups is 1. The zero-order valence-corrected chi connectivity index (χ0v) is 16.6. The molecule has 25 heavy (non-hydrogen) atoms. The van der Waals surface area contributed by atoms with E-state index in [4.69, 9.17) is 0 Å². The molecule has 1 amide bonds. The lowest BCUT2D eigenvalue weighted by Gasteiger charge is -2.19. The Labute approximate surface area is 155 Å². The van der Waals surface area contributed by atoms with Crippen molar-refractivity contribution in [1.82, 2.24) is 4.90 Å². The summed E-state index contributed by atoms with van der Waals surface area (Å²) in [6, 6.07) is 14.7. The Kier molecular flexibility index (Phi) is 7.09. The lowest BCUT2D eigenvalue weighted by atomic mass is 9.98. The first kappa shape index (κ1) is 19.5. The molecule has 3 nitrogen and oxygen atoms in total. The van der Waals surface area contributed by atoms with E-state index in [1.165, 1.54) is 16.0 Å². The highest BCUT2D eigenvalue weighted by molar-refractivity contribution is 7.98.